The van der Waals surface area contributed by atoms with Gasteiger partial charge < -0.3 is 14.8 Å². The number of hydrogen-bond acceptors (Lipinski definition) is 4. The first kappa shape index (κ1) is 16.2. The van der Waals surface area contributed by atoms with E-state index in [1.165, 1.54) is 0 Å². The van der Waals surface area contributed by atoms with Gasteiger partial charge in [-0.1, -0.05) is 0 Å². The Morgan fingerprint density at radius 2 is 2.12 bits per heavy atom. The lowest BCUT2D eigenvalue weighted by atomic mass is 9.94. The minimum Gasteiger partial charge on any atom is -0.342 e. The number of pyridine rings is 1. The second-order valence-electron chi connectivity index (χ2n) is 6.28. The quantitative estimate of drug-likeness (QED) is 0.907. The van der Waals surface area contributed by atoms with Gasteiger partial charge in [0.1, 0.15) is 11.8 Å². The molecule has 1 amide bonds. The lowest BCUT2D eigenvalue weighted by Gasteiger charge is -2.25. The minimum atomic E-state index is 0.0819. The van der Waals surface area contributed by atoms with Crippen molar-refractivity contribution in [3.05, 3.63) is 53.6 Å². The summed E-state index contributed by atoms with van der Waals surface area (Å²) in [5.74, 6) is 0.402. The van der Waals surface area contributed by atoms with Crippen LogP contribution in [0.15, 0.2) is 36.8 Å². The van der Waals surface area contributed by atoms with E-state index >= 15 is 0 Å². The second-order valence-corrected chi connectivity index (χ2v) is 6.28. The molecule has 0 radical (unpaired) electrons. The van der Waals surface area contributed by atoms with Gasteiger partial charge in [0, 0.05) is 58.1 Å². The third kappa shape index (κ3) is 3.17. The van der Waals surface area contributed by atoms with E-state index in [1.807, 2.05) is 48.0 Å². The normalized spacial score (nSPS) is 20.4. The first-order chi connectivity index (χ1) is 11.6. The molecule has 1 saturated heterocycles. The highest BCUT2D eigenvalue weighted by molar-refractivity contribution is 5.79. The molecule has 0 saturated carbocycles. The van der Waals surface area contributed by atoms with Gasteiger partial charge in [0.2, 0.25) is 5.91 Å². The summed E-state index contributed by atoms with van der Waals surface area (Å²) in [4.78, 5) is 18.0. The van der Waals surface area contributed by atoms with Crippen molar-refractivity contribution in [3.8, 4) is 6.07 Å². The van der Waals surface area contributed by atoms with Crippen LogP contribution in [0.25, 0.3) is 0 Å². The van der Waals surface area contributed by atoms with Crippen LogP contribution in [-0.2, 0) is 18.4 Å². The summed E-state index contributed by atoms with van der Waals surface area (Å²) in [5.41, 5.74) is 2.85. The predicted octanol–water partition coefficient (Wildman–Crippen LogP) is 1.60. The van der Waals surface area contributed by atoms with E-state index in [9.17, 15) is 4.79 Å². The Morgan fingerprint density at radius 1 is 1.38 bits per heavy atom. The summed E-state index contributed by atoms with van der Waals surface area (Å²) in [7, 11) is 3.73. The number of amides is 1. The van der Waals surface area contributed by atoms with Crippen LogP contribution in [0.3, 0.4) is 0 Å². The van der Waals surface area contributed by atoms with Crippen molar-refractivity contribution in [2.75, 3.05) is 13.6 Å². The van der Waals surface area contributed by atoms with Gasteiger partial charge in [0.15, 0.2) is 0 Å². The average Bonchev–Trinajstić information content (AvgIpc) is 3.08. The molecular formula is C18H21N5O. The summed E-state index contributed by atoms with van der Waals surface area (Å²) in [5, 5.41) is 12.4. The molecule has 6 nitrogen and oxygen atoms in total. The molecule has 0 bridgehead atoms. The lowest BCUT2D eigenvalue weighted by molar-refractivity contribution is -0.127. The van der Waals surface area contributed by atoms with Crippen LogP contribution in [0.1, 0.15) is 29.3 Å². The van der Waals surface area contributed by atoms with E-state index < -0.39 is 0 Å². The highest BCUT2D eigenvalue weighted by Gasteiger charge is 2.37. The highest BCUT2D eigenvalue weighted by atomic mass is 16.2. The van der Waals surface area contributed by atoms with Crippen molar-refractivity contribution < 1.29 is 4.79 Å². The predicted molar refractivity (Wildman–Crippen MR) is 89.7 cm³/mol. The molecule has 24 heavy (non-hydrogen) atoms. The topological polar surface area (TPSA) is 74.0 Å². The van der Waals surface area contributed by atoms with Gasteiger partial charge in [-0.3, -0.25) is 9.78 Å². The van der Waals surface area contributed by atoms with Gasteiger partial charge in [-0.05, 0) is 29.3 Å². The average molecular weight is 323 g/mol. The number of nitrogens with zero attached hydrogens (tertiary/aromatic N) is 4. The second kappa shape index (κ2) is 6.85. The maximum atomic E-state index is 12.1. The van der Waals surface area contributed by atoms with Crippen molar-refractivity contribution in [2.24, 2.45) is 13.0 Å². The van der Waals surface area contributed by atoms with E-state index in [2.05, 4.69) is 16.4 Å². The molecule has 1 fully saturated rings. The molecule has 1 N–H and O–H groups in total. The van der Waals surface area contributed by atoms with E-state index in [0.29, 0.717) is 18.7 Å². The lowest BCUT2D eigenvalue weighted by Crippen LogP contribution is -2.29. The molecule has 124 valence electrons. The molecule has 6 heteroatoms. The first-order valence-electron chi connectivity index (χ1n) is 8.01. The number of nitriles is 1. The van der Waals surface area contributed by atoms with E-state index in [4.69, 9.17) is 5.26 Å². The number of aromatic nitrogens is 2. The number of hydrogen-bond donors (Lipinski definition) is 1. The molecule has 0 aromatic carbocycles. The van der Waals surface area contributed by atoms with Crippen molar-refractivity contribution in [2.45, 2.75) is 19.0 Å². The molecule has 3 rings (SSSR count). The zero-order chi connectivity index (χ0) is 17.1. The standard InChI is InChI=1S/C18H21N5O/c1-22-12-13(7-16(22)9-19)10-21-11-15-8-17(24)23(2)18(15)14-3-5-20-6-4-14/h3-7,12,15,18,21H,8,10-11H2,1-2H3/t15-,18-/m0/s1. The van der Waals surface area contributed by atoms with Gasteiger partial charge in [-0.25, -0.2) is 0 Å². The summed E-state index contributed by atoms with van der Waals surface area (Å²) < 4.78 is 1.82. The van der Waals surface area contributed by atoms with E-state index in [0.717, 1.165) is 17.7 Å². The van der Waals surface area contributed by atoms with Crippen molar-refractivity contribution in [3.63, 3.8) is 0 Å². The third-order valence-corrected chi connectivity index (χ3v) is 4.65. The third-order valence-electron chi connectivity index (χ3n) is 4.65. The fourth-order valence-corrected chi connectivity index (χ4v) is 3.43. The number of nitrogens with one attached hydrogen (secondary N) is 1. The number of carbonyl (C=O) groups is 1. The number of likely N-dealkylation sites (tertiary alicyclic amines) is 1. The van der Waals surface area contributed by atoms with Crippen LogP contribution in [0.4, 0.5) is 0 Å². The highest BCUT2D eigenvalue weighted by Crippen LogP contribution is 2.36. The summed E-state index contributed by atoms with van der Waals surface area (Å²) in [6, 6.07) is 8.09. The van der Waals surface area contributed by atoms with Gasteiger partial charge in [0.25, 0.3) is 0 Å². The van der Waals surface area contributed by atoms with Crippen LogP contribution in [0.2, 0.25) is 0 Å². The molecular weight excluding hydrogens is 302 g/mol. The Labute approximate surface area is 141 Å². The zero-order valence-corrected chi connectivity index (χ0v) is 13.9. The minimum absolute atomic E-state index is 0.0819. The number of aryl methyl sites for hydroxylation is 1. The van der Waals surface area contributed by atoms with E-state index in [1.54, 1.807) is 12.4 Å². The van der Waals surface area contributed by atoms with Crippen LogP contribution >= 0.6 is 0 Å². The molecule has 1 aliphatic rings. The fourth-order valence-electron chi connectivity index (χ4n) is 3.43. The molecule has 0 aliphatic carbocycles. The molecule has 2 atom stereocenters. The molecule has 3 heterocycles. The molecule has 1 aliphatic heterocycles. The maximum absolute atomic E-state index is 12.1. The fraction of sp³-hybridized carbons (Fsp3) is 0.389. The van der Waals surface area contributed by atoms with Crippen LogP contribution in [0, 0.1) is 17.2 Å². The van der Waals surface area contributed by atoms with Crippen molar-refractivity contribution in [1.82, 2.24) is 19.8 Å². The van der Waals surface area contributed by atoms with Crippen LogP contribution < -0.4 is 5.32 Å². The molecule has 0 unspecified atom stereocenters. The monoisotopic (exact) mass is 323 g/mol. The summed E-state index contributed by atoms with van der Waals surface area (Å²) in [6.45, 7) is 1.44. The smallest absolute Gasteiger partial charge is 0.223 e. The van der Waals surface area contributed by atoms with Crippen molar-refractivity contribution >= 4 is 5.91 Å². The first-order valence-corrected chi connectivity index (χ1v) is 8.01. The number of rotatable bonds is 5. The Balaban J connectivity index is 1.65. The van der Waals surface area contributed by atoms with Gasteiger partial charge in [0.05, 0.1) is 6.04 Å². The Hall–Kier alpha value is -2.65. The summed E-state index contributed by atoms with van der Waals surface area (Å²) >= 11 is 0. The van der Waals surface area contributed by atoms with Gasteiger partial charge in [-0.15, -0.1) is 0 Å². The SMILES string of the molecule is CN1C(=O)C[C@@H](CNCc2cc(C#N)n(C)c2)[C@@H]1c1ccncc1. The van der Waals surface area contributed by atoms with E-state index in [-0.39, 0.29) is 17.9 Å². The van der Waals surface area contributed by atoms with Crippen molar-refractivity contribution in [1.29, 1.82) is 5.26 Å². The summed E-state index contributed by atoms with van der Waals surface area (Å²) in [6.07, 6.45) is 6.04. The maximum Gasteiger partial charge on any atom is 0.223 e. The molecule has 0 spiro atoms. The molecule has 2 aromatic heterocycles. The Bertz CT molecular complexity index is 761. The zero-order valence-electron chi connectivity index (χ0n) is 13.9. The van der Waals surface area contributed by atoms with Gasteiger partial charge in [-0.2, -0.15) is 5.26 Å². The Morgan fingerprint density at radius 3 is 2.79 bits per heavy atom. The largest absolute Gasteiger partial charge is 0.342 e. The molecule has 2 aromatic rings. The number of carbonyl (C=O) groups excluding carboxylic acids is 1. The Kier molecular flexibility index (Phi) is 4.63. The van der Waals surface area contributed by atoms with Gasteiger partial charge >= 0.3 is 0 Å². The van der Waals surface area contributed by atoms with Crippen LogP contribution in [0.5, 0.6) is 0 Å². The van der Waals surface area contributed by atoms with Crippen LogP contribution in [-0.4, -0.2) is 34.0 Å².